The van der Waals surface area contributed by atoms with Crippen molar-refractivity contribution in [3.8, 4) is 5.75 Å². The fourth-order valence-corrected chi connectivity index (χ4v) is 5.93. The molecule has 1 aromatic heterocycles. The number of nitrogens with zero attached hydrogens (tertiary/aromatic N) is 2. The van der Waals surface area contributed by atoms with Crippen molar-refractivity contribution in [2.24, 2.45) is 0 Å². The Morgan fingerprint density at radius 1 is 0.919 bits per heavy atom. The SMILES string of the molecule is CCN1/C(=C/c2ccc3cc(C)ccc3[n+]2CC)Sc2ccc(O)cc21.Cc1ccc(S(=O)(=O)O)cc1. The third-order valence-electron chi connectivity index (χ3n) is 6.16. The average Bonchev–Trinajstić information content (AvgIpc) is 3.20. The van der Waals surface area contributed by atoms with Crippen LogP contribution in [0.25, 0.3) is 17.0 Å². The van der Waals surface area contributed by atoms with Crippen LogP contribution in [0.1, 0.15) is 30.7 Å². The van der Waals surface area contributed by atoms with E-state index in [0.29, 0.717) is 5.75 Å². The lowest BCUT2D eigenvalue weighted by Crippen LogP contribution is -2.37. The number of pyridine rings is 1. The summed E-state index contributed by atoms with van der Waals surface area (Å²) in [5.74, 6) is 0.314. The molecule has 2 heterocycles. The monoisotopic (exact) mass is 535 g/mol. The van der Waals surface area contributed by atoms with Crippen molar-refractivity contribution < 1.29 is 22.6 Å². The molecule has 0 saturated heterocycles. The molecule has 4 aromatic rings. The van der Waals surface area contributed by atoms with E-state index in [1.807, 2.05) is 19.1 Å². The standard InChI is InChI=1S/C22H22N2OS.C7H8O3S/c1-4-23-17(8-7-16-12-15(3)6-10-19(16)23)13-22-24(5-2)20-14-18(25)9-11-21(20)26-22;1-6-2-4-7(5-3-6)11(8,9)10/h6-14H,4-5H2,1-3H3;2-5H,1H3,(H,8,9,10)/p+1. The Morgan fingerprint density at radius 3 is 2.27 bits per heavy atom. The highest BCUT2D eigenvalue weighted by Crippen LogP contribution is 2.47. The highest BCUT2D eigenvalue weighted by atomic mass is 32.2. The van der Waals surface area contributed by atoms with Crippen molar-refractivity contribution in [1.29, 1.82) is 0 Å². The minimum absolute atomic E-state index is 0.0666. The number of fused-ring (bicyclic) bond motifs is 2. The van der Waals surface area contributed by atoms with Crippen LogP contribution in [0.5, 0.6) is 5.75 Å². The summed E-state index contributed by atoms with van der Waals surface area (Å²) >= 11 is 1.76. The number of thioether (sulfide) groups is 1. The fourth-order valence-electron chi connectivity index (χ4n) is 4.30. The number of phenolic OH excluding ortho intramolecular Hbond substituents is 1. The smallest absolute Gasteiger partial charge is 0.294 e. The summed E-state index contributed by atoms with van der Waals surface area (Å²) < 4.78 is 31.9. The van der Waals surface area contributed by atoms with Crippen molar-refractivity contribution in [2.45, 2.75) is 44.0 Å². The average molecular weight is 536 g/mol. The van der Waals surface area contributed by atoms with Crippen LogP contribution in [0.3, 0.4) is 0 Å². The molecule has 0 spiro atoms. The lowest BCUT2D eigenvalue weighted by molar-refractivity contribution is -0.669. The van der Waals surface area contributed by atoms with Gasteiger partial charge in [-0.2, -0.15) is 13.0 Å². The lowest BCUT2D eigenvalue weighted by Gasteiger charge is -2.17. The summed E-state index contributed by atoms with van der Waals surface area (Å²) in [6.07, 6.45) is 2.26. The number of anilines is 1. The van der Waals surface area contributed by atoms with Gasteiger partial charge in [0.05, 0.1) is 15.6 Å². The molecule has 5 rings (SSSR count). The Balaban J connectivity index is 0.000000245. The number of rotatable bonds is 4. The zero-order chi connectivity index (χ0) is 26.7. The van der Waals surface area contributed by atoms with Gasteiger partial charge in [-0.05, 0) is 64.1 Å². The molecule has 8 heteroatoms. The van der Waals surface area contributed by atoms with Gasteiger partial charge in [-0.15, -0.1) is 0 Å². The second-order valence-corrected chi connectivity index (χ2v) is 11.3. The Morgan fingerprint density at radius 2 is 1.62 bits per heavy atom. The summed E-state index contributed by atoms with van der Waals surface area (Å²) in [4.78, 5) is 3.39. The van der Waals surface area contributed by atoms with Crippen LogP contribution in [-0.2, 0) is 16.7 Å². The zero-order valence-electron chi connectivity index (χ0n) is 21.3. The maximum absolute atomic E-state index is 10.5. The number of aromatic nitrogens is 1. The van der Waals surface area contributed by atoms with Gasteiger partial charge in [-0.25, -0.2) is 0 Å². The van der Waals surface area contributed by atoms with E-state index in [2.05, 4.69) is 66.6 Å². The van der Waals surface area contributed by atoms with Gasteiger partial charge in [-0.1, -0.05) is 41.1 Å². The van der Waals surface area contributed by atoms with E-state index in [1.54, 1.807) is 30.0 Å². The first-order valence-corrected chi connectivity index (χ1v) is 14.3. The van der Waals surface area contributed by atoms with E-state index in [-0.39, 0.29) is 4.90 Å². The van der Waals surface area contributed by atoms with Crippen LogP contribution >= 0.6 is 11.8 Å². The Bertz CT molecular complexity index is 1580. The molecule has 6 nitrogen and oxygen atoms in total. The number of phenols is 1. The van der Waals surface area contributed by atoms with E-state index in [4.69, 9.17) is 4.55 Å². The molecule has 0 aliphatic carbocycles. The highest BCUT2D eigenvalue weighted by Gasteiger charge is 2.26. The van der Waals surface area contributed by atoms with Crippen molar-refractivity contribution >= 4 is 44.5 Å². The lowest BCUT2D eigenvalue weighted by atomic mass is 10.1. The normalized spacial score (nSPS) is 14.0. The van der Waals surface area contributed by atoms with Gasteiger partial charge in [0.2, 0.25) is 11.2 Å². The third-order valence-corrected chi connectivity index (χ3v) is 8.14. The van der Waals surface area contributed by atoms with E-state index < -0.39 is 10.1 Å². The zero-order valence-corrected chi connectivity index (χ0v) is 23.0. The van der Waals surface area contributed by atoms with Gasteiger partial charge in [0.25, 0.3) is 10.1 Å². The maximum Gasteiger partial charge on any atom is 0.294 e. The molecular formula is C29H31N2O4S2+. The van der Waals surface area contributed by atoms with Crippen molar-refractivity contribution in [3.63, 3.8) is 0 Å². The molecule has 0 saturated carbocycles. The molecule has 3 aromatic carbocycles. The van der Waals surface area contributed by atoms with Gasteiger partial charge < -0.3 is 10.0 Å². The van der Waals surface area contributed by atoms with Crippen LogP contribution in [0.15, 0.2) is 87.6 Å². The van der Waals surface area contributed by atoms with E-state index >= 15 is 0 Å². The van der Waals surface area contributed by atoms with Crippen LogP contribution in [-0.4, -0.2) is 24.6 Å². The quantitative estimate of drug-likeness (QED) is 0.235. The topological polar surface area (TPSA) is 81.7 Å². The Kier molecular flexibility index (Phi) is 7.92. The predicted molar refractivity (Wildman–Crippen MR) is 151 cm³/mol. The minimum Gasteiger partial charge on any atom is -0.508 e. The molecule has 0 unspecified atom stereocenters. The molecular weight excluding hydrogens is 504 g/mol. The molecule has 37 heavy (non-hydrogen) atoms. The number of aromatic hydroxyl groups is 1. The predicted octanol–water partition coefficient (Wildman–Crippen LogP) is 6.33. The first-order valence-electron chi connectivity index (χ1n) is 12.1. The number of benzene rings is 3. The molecule has 192 valence electrons. The number of hydrogen-bond donors (Lipinski definition) is 2. The first kappa shape index (κ1) is 26.7. The maximum atomic E-state index is 10.5. The Hall–Kier alpha value is -3.33. The van der Waals surface area contributed by atoms with E-state index in [9.17, 15) is 13.5 Å². The van der Waals surface area contributed by atoms with Crippen molar-refractivity contribution in [1.82, 2.24) is 0 Å². The molecule has 2 N–H and O–H groups in total. The van der Waals surface area contributed by atoms with E-state index in [0.717, 1.165) is 24.3 Å². The summed E-state index contributed by atoms with van der Waals surface area (Å²) in [6, 6.07) is 22.6. The van der Waals surface area contributed by atoms with E-state index in [1.165, 1.54) is 44.2 Å². The van der Waals surface area contributed by atoms with Crippen LogP contribution in [0.2, 0.25) is 0 Å². The summed E-state index contributed by atoms with van der Waals surface area (Å²) in [7, 11) is -4.02. The Labute approximate surface area is 222 Å². The minimum atomic E-state index is -4.02. The summed E-state index contributed by atoms with van der Waals surface area (Å²) in [5, 5.41) is 12.3. The van der Waals surface area contributed by atoms with Gasteiger partial charge in [0, 0.05) is 41.1 Å². The number of aryl methyl sites for hydroxylation is 3. The van der Waals surface area contributed by atoms with Gasteiger partial charge in [0.1, 0.15) is 12.3 Å². The van der Waals surface area contributed by atoms with Crippen LogP contribution < -0.4 is 9.47 Å². The van der Waals surface area contributed by atoms with Crippen LogP contribution in [0, 0.1) is 13.8 Å². The van der Waals surface area contributed by atoms with Gasteiger partial charge >= 0.3 is 0 Å². The molecule has 0 atom stereocenters. The second kappa shape index (κ2) is 11.0. The van der Waals surface area contributed by atoms with Gasteiger partial charge in [0.15, 0.2) is 0 Å². The molecule has 0 radical (unpaired) electrons. The highest BCUT2D eigenvalue weighted by molar-refractivity contribution is 8.03. The largest absolute Gasteiger partial charge is 0.508 e. The van der Waals surface area contributed by atoms with Crippen LogP contribution in [0.4, 0.5) is 5.69 Å². The van der Waals surface area contributed by atoms with Crippen molar-refractivity contribution in [2.75, 3.05) is 11.4 Å². The molecule has 0 bridgehead atoms. The molecule has 0 amide bonds. The summed E-state index contributed by atoms with van der Waals surface area (Å²) in [6.45, 7) is 10.1. The molecule has 1 aliphatic rings. The first-order chi connectivity index (χ1) is 17.6. The second-order valence-electron chi connectivity index (χ2n) is 8.83. The fraction of sp³-hybridized carbons (Fsp3) is 0.207. The summed E-state index contributed by atoms with van der Waals surface area (Å²) in [5.41, 5.74) is 5.78. The van der Waals surface area contributed by atoms with Crippen molar-refractivity contribution in [3.05, 3.63) is 94.6 Å². The van der Waals surface area contributed by atoms with Gasteiger partial charge in [-0.3, -0.25) is 4.55 Å². The third kappa shape index (κ3) is 5.98. The molecule has 0 fully saturated rings. The molecule has 1 aliphatic heterocycles. The number of hydrogen-bond acceptors (Lipinski definition) is 5.